The molecule has 1 aromatic heterocycles. The molecule has 1 aliphatic rings. The molecule has 90 valence electrons. The van der Waals surface area contributed by atoms with Crippen LogP contribution in [0.3, 0.4) is 0 Å². The van der Waals surface area contributed by atoms with Crippen LogP contribution in [0.2, 0.25) is 5.02 Å². The minimum atomic E-state index is 0.825. The molecule has 1 aliphatic heterocycles. The van der Waals surface area contributed by atoms with E-state index in [4.69, 9.17) is 11.6 Å². The molecule has 0 amide bonds. The Hall–Kier alpha value is -0.990. The van der Waals surface area contributed by atoms with Gasteiger partial charge in [0, 0.05) is 35.7 Å². The molecule has 2 nitrogen and oxygen atoms in total. The molecule has 0 atom stereocenters. The summed E-state index contributed by atoms with van der Waals surface area (Å²) < 4.78 is 2.19. The minimum Gasteiger partial charge on any atom is -0.350 e. The van der Waals surface area contributed by atoms with E-state index in [0.717, 1.165) is 11.6 Å². The first kappa shape index (κ1) is 11.1. The lowest BCUT2D eigenvalue weighted by Gasteiger charge is -2.13. The number of fused-ring (bicyclic) bond motifs is 1. The third-order valence-electron chi connectivity index (χ3n) is 3.63. The van der Waals surface area contributed by atoms with Gasteiger partial charge in [0.25, 0.3) is 0 Å². The fourth-order valence-corrected chi connectivity index (χ4v) is 2.93. The molecule has 0 unspecified atom stereocenters. The Bertz CT molecular complexity index is 538. The second kappa shape index (κ2) is 4.35. The van der Waals surface area contributed by atoms with Crippen LogP contribution in [-0.4, -0.2) is 22.6 Å². The number of nitrogens with zero attached hydrogens (tertiary/aromatic N) is 2. The molecule has 1 saturated heterocycles. The van der Waals surface area contributed by atoms with Gasteiger partial charge in [-0.25, -0.2) is 0 Å². The monoisotopic (exact) mass is 248 g/mol. The summed E-state index contributed by atoms with van der Waals surface area (Å²) in [5.74, 6) is 0. The normalized spacial score (nSPS) is 17.1. The first-order valence-electron chi connectivity index (χ1n) is 6.20. The average Bonchev–Trinajstić information content (AvgIpc) is 2.89. The summed E-state index contributed by atoms with van der Waals surface area (Å²) in [7, 11) is 2.10. The van der Waals surface area contributed by atoms with Crippen molar-refractivity contribution in [3.8, 4) is 0 Å². The van der Waals surface area contributed by atoms with Crippen LogP contribution in [0.4, 0.5) is 0 Å². The van der Waals surface area contributed by atoms with Crippen molar-refractivity contribution >= 4 is 22.5 Å². The molecular weight excluding hydrogens is 232 g/mol. The van der Waals surface area contributed by atoms with Gasteiger partial charge >= 0.3 is 0 Å². The van der Waals surface area contributed by atoms with Crippen LogP contribution in [0, 0.1) is 0 Å². The van der Waals surface area contributed by atoms with Crippen LogP contribution < -0.4 is 0 Å². The van der Waals surface area contributed by atoms with E-state index in [1.165, 1.54) is 42.4 Å². The molecule has 0 radical (unpaired) electrons. The molecule has 0 aliphatic carbocycles. The van der Waals surface area contributed by atoms with E-state index < -0.39 is 0 Å². The van der Waals surface area contributed by atoms with Crippen LogP contribution in [0.15, 0.2) is 24.4 Å². The number of aromatic nitrogens is 1. The summed E-state index contributed by atoms with van der Waals surface area (Å²) in [6.45, 7) is 3.52. The zero-order valence-electron chi connectivity index (χ0n) is 10.1. The number of likely N-dealkylation sites (tertiary alicyclic amines) is 1. The van der Waals surface area contributed by atoms with Crippen molar-refractivity contribution < 1.29 is 0 Å². The summed E-state index contributed by atoms with van der Waals surface area (Å²) in [6.07, 6.45) is 4.91. The summed E-state index contributed by atoms with van der Waals surface area (Å²) in [5, 5.41) is 2.12. The van der Waals surface area contributed by atoms with Crippen LogP contribution in [0.5, 0.6) is 0 Å². The number of halogens is 1. The summed E-state index contributed by atoms with van der Waals surface area (Å²) in [5.41, 5.74) is 2.66. The zero-order valence-corrected chi connectivity index (χ0v) is 10.9. The highest BCUT2D eigenvalue weighted by atomic mass is 35.5. The maximum atomic E-state index is 6.09. The molecule has 1 fully saturated rings. The van der Waals surface area contributed by atoms with Crippen molar-refractivity contribution in [1.29, 1.82) is 0 Å². The Balaban J connectivity index is 2.00. The maximum Gasteiger partial charge on any atom is 0.0482 e. The van der Waals surface area contributed by atoms with E-state index in [-0.39, 0.29) is 0 Å². The number of rotatable bonds is 2. The first-order chi connectivity index (χ1) is 8.24. The van der Waals surface area contributed by atoms with Gasteiger partial charge in [-0.2, -0.15) is 0 Å². The Kier molecular flexibility index (Phi) is 2.85. The van der Waals surface area contributed by atoms with E-state index in [9.17, 15) is 0 Å². The van der Waals surface area contributed by atoms with Crippen LogP contribution in [0.1, 0.15) is 18.4 Å². The maximum absolute atomic E-state index is 6.09. The molecule has 2 aromatic rings. The highest BCUT2D eigenvalue weighted by Gasteiger charge is 2.14. The van der Waals surface area contributed by atoms with Gasteiger partial charge in [-0.05, 0) is 49.7 Å². The van der Waals surface area contributed by atoms with E-state index in [1.54, 1.807) is 0 Å². The lowest BCUT2D eigenvalue weighted by Crippen LogP contribution is -2.18. The number of hydrogen-bond donors (Lipinski definition) is 0. The van der Waals surface area contributed by atoms with Crippen LogP contribution >= 0.6 is 11.6 Å². The number of hydrogen-bond acceptors (Lipinski definition) is 1. The summed E-state index contributed by atoms with van der Waals surface area (Å²) >= 11 is 6.09. The van der Waals surface area contributed by atoms with Crippen molar-refractivity contribution in [3.05, 3.63) is 35.0 Å². The van der Waals surface area contributed by atoms with Gasteiger partial charge in [0.05, 0.1) is 0 Å². The van der Waals surface area contributed by atoms with Crippen LogP contribution in [-0.2, 0) is 13.6 Å². The molecular formula is C14H17ClN2. The molecule has 0 N–H and O–H groups in total. The van der Waals surface area contributed by atoms with E-state index in [0.29, 0.717) is 0 Å². The smallest absolute Gasteiger partial charge is 0.0482 e. The molecule has 0 spiro atoms. The quantitative estimate of drug-likeness (QED) is 0.791. The molecule has 2 heterocycles. The first-order valence-corrected chi connectivity index (χ1v) is 6.57. The van der Waals surface area contributed by atoms with Crippen molar-refractivity contribution in [3.63, 3.8) is 0 Å². The predicted molar refractivity (Wildman–Crippen MR) is 72.4 cm³/mol. The Morgan fingerprint density at radius 1 is 1.24 bits per heavy atom. The van der Waals surface area contributed by atoms with E-state index in [2.05, 4.69) is 34.8 Å². The largest absolute Gasteiger partial charge is 0.350 e. The molecule has 3 heteroatoms. The Morgan fingerprint density at radius 3 is 2.76 bits per heavy atom. The molecule has 1 aromatic carbocycles. The minimum absolute atomic E-state index is 0.825. The zero-order chi connectivity index (χ0) is 11.8. The molecule has 17 heavy (non-hydrogen) atoms. The highest BCUT2D eigenvalue weighted by molar-refractivity contribution is 6.31. The van der Waals surface area contributed by atoms with Gasteiger partial charge in [-0.3, -0.25) is 4.90 Å². The van der Waals surface area contributed by atoms with Crippen molar-refractivity contribution in [2.24, 2.45) is 7.05 Å². The van der Waals surface area contributed by atoms with Gasteiger partial charge < -0.3 is 4.57 Å². The second-order valence-electron chi connectivity index (χ2n) is 4.91. The lowest BCUT2D eigenvalue weighted by molar-refractivity contribution is 0.332. The van der Waals surface area contributed by atoms with Crippen molar-refractivity contribution in [2.75, 3.05) is 13.1 Å². The number of benzene rings is 1. The lowest BCUT2D eigenvalue weighted by atomic mass is 10.1. The highest BCUT2D eigenvalue weighted by Crippen LogP contribution is 2.26. The fourth-order valence-electron chi connectivity index (χ4n) is 2.75. The summed E-state index contributed by atoms with van der Waals surface area (Å²) in [4.78, 5) is 2.52. The third kappa shape index (κ3) is 2.07. The SMILES string of the molecule is Cn1cc(CN2CCCC2)c2cc(Cl)ccc21. The average molecular weight is 249 g/mol. The van der Waals surface area contributed by atoms with Gasteiger partial charge in [-0.15, -0.1) is 0 Å². The predicted octanol–water partition coefficient (Wildman–Crippen LogP) is 3.43. The van der Waals surface area contributed by atoms with Crippen LogP contribution in [0.25, 0.3) is 10.9 Å². The standard InChI is InChI=1S/C14H17ClN2/c1-16-9-11(10-17-6-2-3-7-17)13-8-12(15)4-5-14(13)16/h4-5,8-9H,2-3,6-7,10H2,1H3. The van der Waals surface area contributed by atoms with Gasteiger partial charge in [-0.1, -0.05) is 11.6 Å². The van der Waals surface area contributed by atoms with Gasteiger partial charge in [0.2, 0.25) is 0 Å². The van der Waals surface area contributed by atoms with Gasteiger partial charge in [0.15, 0.2) is 0 Å². The topological polar surface area (TPSA) is 8.17 Å². The Labute approximate surface area is 107 Å². The molecule has 0 bridgehead atoms. The third-order valence-corrected chi connectivity index (χ3v) is 3.86. The molecule has 3 rings (SSSR count). The second-order valence-corrected chi connectivity index (χ2v) is 5.35. The van der Waals surface area contributed by atoms with Crippen molar-refractivity contribution in [1.82, 2.24) is 9.47 Å². The number of aryl methyl sites for hydroxylation is 1. The van der Waals surface area contributed by atoms with E-state index >= 15 is 0 Å². The van der Waals surface area contributed by atoms with Gasteiger partial charge in [0.1, 0.15) is 0 Å². The Morgan fingerprint density at radius 2 is 2.00 bits per heavy atom. The fraction of sp³-hybridized carbons (Fsp3) is 0.429. The van der Waals surface area contributed by atoms with Crippen molar-refractivity contribution in [2.45, 2.75) is 19.4 Å². The molecule has 0 saturated carbocycles. The summed E-state index contributed by atoms with van der Waals surface area (Å²) in [6, 6.07) is 6.15. The van der Waals surface area contributed by atoms with E-state index in [1.807, 2.05) is 6.07 Å².